The van der Waals surface area contributed by atoms with Gasteiger partial charge in [0.05, 0.1) is 11.4 Å². The van der Waals surface area contributed by atoms with E-state index < -0.39 is 0 Å². The Morgan fingerprint density at radius 3 is 2.70 bits per heavy atom. The van der Waals surface area contributed by atoms with Crippen molar-refractivity contribution < 1.29 is 4.79 Å². The summed E-state index contributed by atoms with van der Waals surface area (Å²) in [4.78, 5) is 13.0. The van der Waals surface area contributed by atoms with E-state index in [1.165, 1.54) is 12.1 Å². The SMILES string of the molecule is O=C(Nc1cccc(Br)c1)c1nn(-c2ccc(Cl)cc2)c2c1[C@H]1CC[C@H]2C1. The number of hydrogen-bond acceptors (Lipinski definition) is 2. The number of nitrogens with zero attached hydrogens (tertiary/aromatic N) is 2. The van der Waals surface area contributed by atoms with Crippen LogP contribution >= 0.6 is 27.5 Å². The van der Waals surface area contributed by atoms with Crippen molar-refractivity contribution in [2.24, 2.45) is 0 Å². The molecule has 1 amide bonds. The first kappa shape index (κ1) is 17.0. The van der Waals surface area contributed by atoms with Gasteiger partial charge in [0.15, 0.2) is 5.69 Å². The second-order valence-electron chi connectivity index (χ2n) is 7.21. The van der Waals surface area contributed by atoms with Crippen molar-refractivity contribution >= 4 is 39.1 Å². The minimum atomic E-state index is -0.149. The average molecular weight is 443 g/mol. The molecule has 0 spiro atoms. The standard InChI is InChI=1S/C21H17BrClN3O/c22-14-2-1-3-16(11-14)24-21(27)19-18-12-4-5-13(10-12)20(18)26(25-19)17-8-6-15(23)7-9-17/h1-3,6-9,11-13H,4-5,10H2,(H,24,27)/t12-,13-/m0/s1. The number of carbonyl (C=O) groups excluding carboxylic acids is 1. The summed E-state index contributed by atoms with van der Waals surface area (Å²) in [5.41, 5.74) is 4.59. The monoisotopic (exact) mass is 441 g/mol. The predicted molar refractivity (Wildman–Crippen MR) is 110 cm³/mol. The van der Waals surface area contributed by atoms with Gasteiger partial charge in [-0.2, -0.15) is 5.10 Å². The highest BCUT2D eigenvalue weighted by Gasteiger charge is 2.44. The van der Waals surface area contributed by atoms with Crippen LogP contribution in [0.25, 0.3) is 5.69 Å². The fourth-order valence-electron chi connectivity index (χ4n) is 4.43. The van der Waals surface area contributed by atoms with Gasteiger partial charge in [-0.25, -0.2) is 4.68 Å². The van der Waals surface area contributed by atoms with E-state index in [0.29, 0.717) is 22.6 Å². The van der Waals surface area contributed by atoms with Crippen LogP contribution in [0.3, 0.4) is 0 Å². The third kappa shape index (κ3) is 2.89. The molecule has 2 aliphatic rings. The minimum Gasteiger partial charge on any atom is -0.321 e. The van der Waals surface area contributed by atoms with Crippen molar-refractivity contribution in [2.75, 3.05) is 5.32 Å². The van der Waals surface area contributed by atoms with E-state index in [4.69, 9.17) is 16.7 Å². The van der Waals surface area contributed by atoms with Crippen LogP contribution in [0.2, 0.25) is 5.02 Å². The number of amides is 1. The molecule has 136 valence electrons. The van der Waals surface area contributed by atoms with Crippen molar-refractivity contribution in [3.63, 3.8) is 0 Å². The third-order valence-corrected chi connectivity index (χ3v) is 6.30. The number of halogens is 2. The molecular weight excluding hydrogens is 426 g/mol. The second-order valence-corrected chi connectivity index (χ2v) is 8.56. The molecule has 1 saturated carbocycles. The van der Waals surface area contributed by atoms with Crippen LogP contribution < -0.4 is 5.32 Å². The van der Waals surface area contributed by atoms with Crippen molar-refractivity contribution in [3.05, 3.63) is 75.0 Å². The molecule has 6 heteroatoms. The minimum absolute atomic E-state index is 0.149. The van der Waals surface area contributed by atoms with Crippen molar-refractivity contribution in [2.45, 2.75) is 31.1 Å². The van der Waals surface area contributed by atoms with Crippen molar-refractivity contribution in [1.82, 2.24) is 9.78 Å². The summed E-state index contributed by atoms with van der Waals surface area (Å²) in [6.07, 6.45) is 3.43. The van der Waals surface area contributed by atoms with Gasteiger partial charge in [-0.1, -0.05) is 33.6 Å². The summed E-state index contributed by atoms with van der Waals surface area (Å²) in [7, 11) is 0. The molecule has 27 heavy (non-hydrogen) atoms. The number of anilines is 1. The number of carbonyl (C=O) groups is 1. The maximum Gasteiger partial charge on any atom is 0.276 e. The van der Waals surface area contributed by atoms with Crippen LogP contribution in [0.5, 0.6) is 0 Å². The molecule has 2 aromatic carbocycles. The van der Waals surface area contributed by atoms with Crippen molar-refractivity contribution in [1.29, 1.82) is 0 Å². The Hall–Kier alpha value is -2.11. The summed E-state index contributed by atoms with van der Waals surface area (Å²) in [5, 5.41) is 8.43. The van der Waals surface area contributed by atoms with E-state index in [-0.39, 0.29) is 5.91 Å². The first-order valence-corrected chi connectivity index (χ1v) is 10.2. The number of hydrogen-bond donors (Lipinski definition) is 1. The van der Waals surface area contributed by atoms with Gasteiger partial charge in [0.1, 0.15) is 0 Å². The molecule has 3 aromatic rings. The Labute approximate surface area is 170 Å². The van der Waals surface area contributed by atoms with Gasteiger partial charge in [-0.05, 0) is 67.6 Å². The molecule has 1 aromatic heterocycles. The first-order chi connectivity index (χ1) is 13.1. The lowest BCUT2D eigenvalue weighted by Crippen LogP contribution is -2.15. The van der Waals surface area contributed by atoms with Crippen LogP contribution in [0.15, 0.2) is 53.0 Å². The number of fused-ring (bicyclic) bond motifs is 5. The quantitative estimate of drug-likeness (QED) is 0.548. The van der Waals surface area contributed by atoms with Gasteiger partial charge >= 0.3 is 0 Å². The summed E-state index contributed by atoms with van der Waals surface area (Å²) in [6, 6.07) is 15.2. The Morgan fingerprint density at radius 2 is 1.93 bits per heavy atom. The average Bonchev–Trinajstić information content (AvgIpc) is 3.35. The molecule has 1 fully saturated rings. The topological polar surface area (TPSA) is 46.9 Å². The van der Waals surface area contributed by atoms with E-state index in [0.717, 1.165) is 34.3 Å². The van der Waals surface area contributed by atoms with E-state index in [9.17, 15) is 4.79 Å². The second kappa shape index (κ2) is 6.50. The highest BCUT2D eigenvalue weighted by molar-refractivity contribution is 9.10. The van der Waals surface area contributed by atoms with Crippen molar-refractivity contribution in [3.8, 4) is 5.69 Å². The molecule has 2 aliphatic carbocycles. The fraction of sp³-hybridized carbons (Fsp3) is 0.238. The molecule has 2 atom stereocenters. The van der Waals surface area contributed by atoms with Gasteiger partial charge in [0.2, 0.25) is 0 Å². The maximum atomic E-state index is 13.0. The Bertz CT molecular complexity index is 1040. The highest BCUT2D eigenvalue weighted by atomic mass is 79.9. The Morgan fingerprint density at radius 1 is 1.15 bits per heavy atom. The lowest BCUT2D eigenvalue weighted by Gasteiger charge is -2.14. The fourth-order valence-corrected chi connectivity index (χ4v) is 4.96. The molecule has 1 heterocycles. The van der Waals surface area contributed by atoms with Crippen LogP contribution in [0.1, 0.15) is 52.8 Å². The normalized spacial score (nSPS) is 19.9. The van der Waals surface area contributed by atoms with Gasteiger partial charge in [0, 0.05) is 26.7 Å². The van der Waals surface area contributed by atoms with Crippen LogP contribution in [0.4, 0.5) is 5.69 Å². The van der Waals surface area contributed by atoms with Gasteiger partial charge < -0.3 is 5.32 Å². The number of aromatic nitrogens is 2. The van der Waals surface area contributed by atoms with E-state index >= 15 is 0 Å². The third-order valence-electron chi connectivity index (χ3n) is 5.56. The van der Waals surface area contributed by atoms with Crippen LogP contribution in [-0.4, -0.2) is 15.7 Å². The van der Waals surface area contributed by atoms with E-state index in [1.54, 1.807) is 0 Å². The summed E-state index contributed by atoms with van der Waals surface area (Å²) >= 11 is 9.48. The van der Waals surface area contributed by atoms with E-state index in [2.05, 4.69) is 21.2 Å². The summed E-state index contributed by atoms with van der Waals surface area (Å²) in [5.74, 6) is 0.777. The zero-order valence-corrected chi connectivity index (χ0v) is 16.8. The molecule has 4 nitrogen and oxygen atoms in total. The molecule has 0 radical (unpaired) electrons. The summed E-state index contributed by atoms with van der Waals surface area (Å²) in [6.45, 7) is 0. The van der Waals surface area contributed by atoms with Crippen LogP contribution in [0, 0.1) is 0 Å². The van der Waals surface area contributed by atoms with Crippen LogP contribution in [-0.2, 0) is 0 Å². The molecule has 0 saturated heterocycles. The molecule has 0 unspecified atom stereocenters. The molecule has 0 aliphatic heterocycles. The number of rotatable bonds is 3. The molecule has 1 N–H and O–H groups in total. The highest BCUT2D eigenvalue weighted by Crippen LogP contribution is 2.54. The first-order valence-electron chi connectivity index (χ1n) is 9.06. The van der Waals surface area contributed by atoms with Gasteiger partial charge in [0.25, 0.3) is 5.91 Å². The number of benzene rings is 2. The lowest BCUT2D eigenvalue weighted by molar-refractivity contribution is 0.102. The largest absolute Gasteiger partial charge is 0.321 e. The molecule has 5 rings (SSSR count). The molecule has 2 bridgehead atoms. The summed E-state index contributed by atoms with van der Waals surface area (Å²) < 4.78 is 2.88. The zero-order valence-electron chi connectivity index (χ0n) is 14.5. The lowest BCUT2D eigenvalue weighted by atomic mass is 9.95. The molecular formula is C21H17BrClN3O. The zero-order chi connectivity index (χ0) is 18.5. The van der Waals surface area contributed by atoms with Gasteiger partial charge in [-0.3, -0.25) is 4.79 Å². The predicted octanol–water partition coefficient (Wildman–Crippen LogP) is 5.91. The Balaban J connectivity index is 1.57. The van der Waals surface area contributed by atoms with E-state index in [1.807, 2.05) is 53.2 Å². The smallest absolute Gasteiger partial charge is 0.276 e. The maximum absolute atomic E-state index is 13.0. The van der Waals surface area contributed by atoms with Gasteiger partial charge in [-0.15, -0.1) is 0 Å². The number of nitrogens with one attached hydrogen (secondary N) is 1. The Kier molecular flexibility index (Phi) is 4.10.